The van der Waals surface area contributed by atoms with E-state index in [2.05, 4.69) is 22.5 Å². The van der Waals surface area contributed by atoms with Crippen molar-refractivity contribution in [1.29, 1.82) is 0 Å². The van der Waals surface area contributed by atoms with Gasteiger partial charge in [-0.1, -0.05) is 60.2 Å². The zero-order valence-corrected chi connectivity index (χ0v) is 17.1. The summed E-state index contributed by atoms with van der Waals surface area (Å²) in [4.78, 5) is 25.0. The van der Waals surface area contributed by atoms with Crippen LogP contribution in [0.3, 0.4) is 0 Å². The molecule has 152 valence electrons. The summed E-state index contributed by atoms with van der Waals surface area (Å²) in [5.74, 6) is -0.340. The minimum atomic E-state index is -0.340. The van der Waals surface area contributed by atoms with Gasteiger partial charge in [0, 0.05) is 11.8 Å². The number of anilines is 1. The lowest BCUT2D eigenvalue weighted by atomic mass is 10.1. The highest BCUT2D eigenvalue weighted by molar-refractivity contribution is 6.03. The van der Waals surface area contributed by atoms with Crippen LogP contribution >= 0.6 is 0 Å². The van der Waals surface area contributed by atoms with Gasteiger partial charge in [-0.15, -0.1) is 0 Å². The number of benzene rings is 3. The topological polar surface area (TPSA) is 64.0 Å². The summed E-state index contributed by atoms with van der Waals surface area (Å²) in [6.45, 7) is 2.33. The number of hydrogen-bond acceptors (Lipinski definition) is 3. The van der Waals surface area contributed by atoms with E-state index in [1.807, 2.05) is 61.5 Å². The lowest BCUT2D eigenvalue weighted by Crippen LogP contribution is -2.26. The molecule has 0 spiro atoms. The van der Waals surface area contributed by atoms with Gasteiger partial charge in [0.15, 0.2) is 0 Å². The summed E-state index contributed by atoms with van der Waals surface area (Å²) in [5, 5.41) is 7.20. The molecule has 0 bridgehead atoms. The van der Waals surface area contributed by atoms with Crippen LogP contribution in [0.2, 0.25) is 0 Å². The van der Waals surface area contributed by atoms with E-state index < -0.39 is 0 Å². The van der Waals surface area contributed by atoms with Crippen molar-refractivity contribution in [3.8, 4) is 11.1 Å². The molecule has 1 heterocycles. The van der Waals surface area contributed by atoms with E-state index >= 15 is 0 Å². The largest absolute Gasteiger partial charge is 0.321 e. The highest BCUT2D eigenvalue weighted by Gasteiger charge is 2.19. The molecule has 1 N–H and O–H groups in total. The molecule has 0 saturated heterocycles. The Morgan fingerprint density at radius 2 is 1.71 bits per heavy atom. The summed E-state index contributed by atoms with van der Waals surface area (Å²) >= 11 is 0. The number of nitrogens with one attached hydrogen (secondary N) is 1. The summed E-state index contributed by atoms with van der Waals surface area (Å²) in [5.41, 5.74) is 7.73. The Kier molecular flexibility index (Phi) is 4.71. The van der Waals surface area contributed by atoms with Gasteiger partial charge in [-0.2, -0.15) is 5.10 Å². The molecule has 0 unspecified atom stereocenters. The molecule has 0 fully saturated rings. The molecule has 0 aliphatic heterocycles. The molecule has 0 saturated carbocycles. The molecule has 1 aliphatic rings. The van der Waals surface area contributed by atoms with Crippen LogP contribution in [0.1, 0.15) is 32.7 Å². The fourth-order valence-electron chi connectivity index (χ4n) is 3.97. The van der Waals surface area contributed by atoms with Crippen LogP contribution in [0.4, 0.5) is 5.69 Å². The van der Waals surface area contributed by atoms with Crippen molar-refractivity contribution in [3.05, 3.63) is 117 Å². The van der Waals surface area contributed by atoms with Gasteiger partial charge in [0.05, 0.1) is 6.54 Å². The number of rotatable bonds is 4. The second-order valence-electron chi connectivity index (χ2n) is 7.86. The van der Waals surface area contributed by atoms with E-state index in [0.717, 1.165) is 23.2 Å². The third-order valence-corrected chi connectivity index (χ3v) is 5.60. The second-order valence-corrected chi connectivity index (χ2v) is 7.86. The summed E-state index contributed by atoms with van der Waals surface area (Å²) in [7, 11) is 0. The van der Waals surface area contributed by atoms with Crippen LogP contribution in [0.5, 0.6) is 0 Å². The fraction of sp³-hybridized carbons (Fsp3) is 0.115. The minimum Gasteiger partial charge on any atom is -0.321 e. The first-order valence-electron chi connectivity index (χ1n) is 10.2. The number of hydrogen-bond donors (Lipinski definition) is 1. The third kappa shape index (κ3) is 3.78. The highest BCUT2D eigenvalue weighted by Crippen LogP contribution is 2.37. The van der Waals surface area contributed by atoms with Crippen molar-refractivity contribution < 1.29 is 4.79 Å². The zero-order valence-electron chi connectivity index (χ0n) is 17.1. The summed E-state index contributed by atoms with van der Waals surface area (Å²) in [6.07, 6.45) is 0.856. The first-order chi connectivity index (χ1) is 15.1. The SMILES string of the molecule is Cc1ccc(Cn2nc(C(=O)Nc3ccc4c(c3)Cc3ccccc3-4)ccc2=O)cc1. The fourth-order valence-corrected chi connectivity index (χ4v) is 3.97. The van der Waals surface area contributed by atoms with Crippen LogP contribution in [0.15, 0.2) is 83.7 Å². The maximum absolute atomic E-state index is 12.8. The van der Waals surface area contributed by atoms with Gasteiger partial charge in [0.2, 0.25) is 0 Å². The lowest BCUT2D eigenvalue weighted by molar-refractivity contribution is 0.102. The van der Waals surface area contributed by atoms with Crippen LogP contribution in [0.25, 0.3) is 11.1 Å². The maximum atomic E-state index is 12.8. The lowest BCUT2D eigenvalue weighted by Gasteiger charge is -2.09. The van der Waals surface area contributed by atoms with E-state index in [1.165, 1.54) is 39.1 Å². The van der Waals surface area contributed by atoms with Crippen LogP contribution in [0, 0.1) is 6.92 Å². The molecule has 1 aliphatic carbocycles. The van der Waals surface area contributed by atoms with Gasteiger partial charge in [0.1, 0.15) is 5.69 Å². The number of amides is 1. The molecule has 0 radical (unpaired) electrons. The van der Waals surface area contributed by atoms with E-state index in [1.54, 1.807) is 0 Å². The highest BCUT2D eigenvalue weighted by atomic mass is 16.2. The van der Waals surface area contributed by atoms with Crippen molar-refractivity contribution in [2.45, 2.75) is 19.9 Å². The molecular weight excluding hydrogens is 386 g/mol. The average Bonchev–Trinajstić information content (AvgIpc) is 3.14. The van der Waals surface area contributed by atoms with E-state index in [-0.39, 0.29) is 17.2 Å². The van der Waals surface area contributed by atoms with Gasteiger partial charge in [-0.3, -0.25) is 9.59 Å². The normalized spacial score (nSPS) is 11.6. The second kappa shape index (κ2) is 7.69. The van der Waals surface area contributed by atoms with Crippen molar-refractivity contribution in [1.82, 2.24) is 9.78 Å². The van der Waals surface area contributed by atoms with Crippen molar-refractivity contribution in [2.24, 2.45) is 0 Å². The molecule has 3 aromatic carbocycles. The molecule has 5 heteroatoms. The van der Waals surface area contributed by atoms with Crippen molar-refractivity contribution in [3.63, 3.8) is 0 Å². The number of carbonyl (C=O) groups excluding carboxylic acids is 1. The Hall–Kier alpha value is -3.99. The molecule has 0 atom stereocenters. The molecule has 4 aromatic rings. The Labute approximate surface area is 180 Å². The van der Waals surface area contributed by atoms with E-state index in [9.17, 15) is 9.59 Å². The number of aromatic nitrogens is 2. The molecule has 1 aromatic heterocycles. The first kappa shape index (κ1) is 19.0. The van der Waals surface area contributed by atoms with Crippen LogP contribution in [-0.2, 0) is 13.0 Å². The summed E-state index contributed by atoms with van der Waals surface area (Å²) in [6, 6.07) is 25.0. The van der Waals surface area contributed by atoms with Gasteiger partial charge in [-0.25, -0.2) is 4.68 Å². The maximum Gasteiger partial charge on any atom is 0.276 e. The quantitative estimate of drug-likeness (QED) is 0.480. The van der Waals surface area contributed by atoms with Gasteiger partial charge in [-0.05, 0) is 59.4 Å². The van der Waals surface area contributed by atoms with E-state index in [0.29, 0.717) is 6.54 Å². The Balaban J connectivity index is 1.36. The van der Waals surface area contributed by atoms with Gasteiger partial charge in [0.25, 0.3) is 11.5 Å². The van der Waals surface area contributed by atoms with Crippen LogP contribution in [-0.4, -0.2) is 15.7 Å². The third-order valence-electron chi connectivity index (χ3n) is 5.60. The molecule has 31 heavy (non-hydrogen) atoms. The number of fused-ring (bicyclic) bond motifs is 3. The Bertz CT molecular complexity index is 1350. The van der Waals surface area contributed by atoms with Crippen molar-refractivity contribution in [2.75, 3.05) is 5.32 Å². The van der Waals surface area contributed by atoms with Crippen molar-refractivity contribution >= 4 is 11.6 Å². The smallest absolute Gasteiger partial charge is 0.276 e. The van der Waals surface area contributed by atoms with Gasteiger partial charge >= 0.3 is 0 Å². The predicted octanol–water partition coefficient (Wildman–Crippen LogP) is 4.42. The molecule has 5 rings (SSSR count). The number of carbonyl (C=O) groups is 1. The average molecular weight is 407 g/mol. The Morgan fingerprint density at radius 3 is 2.55 bits per heavy atom. The standard InChI is InChI=1S/C26H21N3O2/c1-17-6-8-18(9-7-17)16-29-25(30)13-12-24(28-29)26(31)27-21-10-11-23-20(15-21)14-19-4-2-3-5-22(19)23/h2-13,15H,14,16H2,1H3,(H,27,31). The molecule has 1 amide bonds. The molecule has 5 nitrogen and oxygen atoms in total. The summed E-state index contributed by atoms with van der Waals surface area (Å²) < 4.78 is 1.32. The first-order valence-corrected chi connectivity index (χ1v) is 10.2. The predicted molar refractivity (Wildman–Crippen MR) is 121 cm³/mol. The monoisotopic (exact) mass is 407 g/mol. The van der Waals surface area contributed by atoms with E-state index in [4.69, 9.17) is 0 Å². The zero-order chi connectivity index (χ0) is 21.4. The number of aryl methyl sites for hydroxylation is 1. The molecular formula is C26H21N3O2. The Morgan fingerprint density at radius 1 is 0.935 bits per heavy atom. The van der Waals surface area contributed by atoms with Gasteiger partial charge < -0.3 is 5.32 Å². The van der Waals surface area contributed by atoms with Crippen LogP contribution < -0.4 is 10.9 Å². The number of nitrogens with zero attached hydrogens (tertiary/aromatic N) is 2. The minimum absolute atomic E-state index is 0.204.